The van der Waals surface area contributed by atoms with Gasteiger partial charge in [0.05, 0.1) is 0 Å². The van der Waals surface area contributed by atoms with Crippen molar-refractivity contribution in [2.45, 2.75) is 6.18 Å². The molecule has 0 aliphatic rings. The first-order valence-corrected chi connectivity index (χ1v) is 3.99. The molecule has 0 bridgehead atoms. The standard InChI is InChI=1S/C2H6F3O3P/c3-2(4,5)1-9(6,7)8/h6-9H,1H2. The predicted molar refractivity (Wildman–Crippen MR) is 25.9 cm³/mol. The Morgan fingerprint density at radius 2 is 1.44 bits per heavy atom. The Kier molecular flexibility index (Phi) is 2.41. The molecule has 0 saturated heterocycles. The summed E-state index contributed by atoms with van der Waals surface area (Å²) in [5, 5.41) is 0. The van der Waals surface area contributed by atoms with Gasteiger partial charge in [0.15, 0.2) is 0 Å². The first-order chi connectivity index (χ1) is 3.71. The van der Waals surface area contributed by atoms with Crippen molar-refractivity contribution >= 4 is 7.94 Å². The Hall–Kier alpha value is 0.100. The fourth-order valence-electron chi connectivity index (χ4n) is 0.269. The molecular formula is C2H6F3O3P. The van der Waals surface area contributed by atoms with E-state index in [0.29, 0.717) is 0 Å². The van der Waals surface area contributed by atoms with Gasteiger partial charge in [0.25, 0.3) is 0 Å². The molecular weight excluding hydrogens is 160 g/mol. The molecule has 0 aromatic heterocycles. The number of halogens is 3. The van der Waals surface area contributed by atoms with E-state index in [1.54, 1.807) is 0 Å². The average Bonchev–Trinajstić information content (AvgIpc) is 1.14. The second kappa shape index (κ2) is 2.38. The summed E-state index contributed by atoms with van der Waals surface area (Å²) in [6.07, 6.45) is -6.61. The molecule has 0 heterocycles. The first kappa shape index (κ1) is 9.10. The zero-order chi connectivity index (χ0) is 7.71. The van der Waals surface area contributed by atoms with Crippen LogP contribution >= 0.6 is 7.94 Å². The van der Waals surface area contributed by atoms with Crippen molar-refractivity contribution in [3.8, 4) is 0 Å². The number of alkyl halides is 3. The Bertz CT molecular complexity index is 82.2. The van der Waals surface area contributed by atoms with Crippen molar-refractivity contribution in [1.29, 1.82) is 0 Å². The molecule has 0 fully saturated rings. The second-order valence-electron chi connectivity index (χ2n) is 1.57. The van der Waals surface area contributed by atoms with Gasteiger partial charge in [-0.15, -0.1) is 0 Å². The van der Waals surface area contributed by atoms with Crippen LogP contribution in [-0.2, 0) is 0 Å². The summed E-state index contributed by atoms with van der Waals surface area (Å²) in [6, 6.07) is 0. The van der Waals surface area contributed by atoms with Crippen LogP contribution in [0.5, 0.6) is 0 Å². The van der Waals surface area contributed by atoms with Crippen molar-refractivity contribution in [3.05, 3.63) is 0 Å². The van der Waals surface area contributed by atoms with Gasteiger partial charge < -0.3 is 0 Å². The van der Waals surface area contributed by atoms with Crippen LogP contribution in [0.4, 0.5) is 13.2 Å². The second-order valence-corrected chi connectivity index (χ2v) is 3.47. The summed E-state index contributed by atoms with van der Waals surface area (Å²) in [5.41, 5.74) is 0. The third-order valence-corrected chi connectivity index (χ3v) is 1.31. The molecule has 0 aromatic carbocycles. The van der Waals surface area contributed by atoms with Crippen LogP contribution < -0.4 is 0 Å². The van der Waals surface area contributed by atoms with Crippen LogP contribution in [0.3, 0.4) is 0 Å². The van der Waals surface area contributed by atoms with Crippen LogP contribution in [0.1, 0.15) is 0 Å². The van der Waals surface area contributed by atoms with Crippen LogP contribution in [0.2, 0.25) is 0 Å². The van der Waals surface area contributed by atoms with E-state index in [0.717, 1.165) is 0 Å². The van der Waals surface area contributed by atoms with Gasteiger partial charge in [0, 0.05) is 0 Å². The van der Waals surface area contributed by atoms with Crippen LogP contribution in [0.15, 0.2) is 0 Å². The molecule has 0 aliphatic heterocycles. The van der Waals surface area contributed by atoms with Crippen LogP contribution in [0, 0.1) is 0 Å². The van der Waals surface area contributed by atoms with E-state index in [2.05, 4.69) is 0 Å². The molecule has 7 heteroatoms. The Morgan fingerprint density at radius 3 is 1.44 bits per heavy atom. The molecule has 0 aromatic rings. The summed E-state index contributed by atoms with van der Waals surface area (Å²) in [4.78, 5) is 23.6. The molecule has 0 atom stereocenters. The van der Waals surface area contributed by atoms with E-state index in [4.69, 9.17) is 14.7 Å². The van der Waals surface area contributed by atoms with Gasteiger partial charge in [-0.05, 0) is 0 Å². The summed E-state index contributed by atoms with van der Waals surface area (Å²) in [5.74, 6) is 0. The third kappa shape index (κ3) is 8.10. The molecule has 3 N–H and O–H groups in total. The zero-order valence-corrected chi connectivity index (χ0v) is 5.18. The van der Waals surface area contributed by atoms with Crippen molar-refractivity contribution < 1.29 is 27.9 Å². The van der Waals surface area contributed by atoms with Gasteiger partial charge in [-0.3, -0.25) is 0 Å². The maximum atomic E-state index is 11.1. The molecule has 0 spiro atoms. The van der Waals surface area contributed by atoms with Gasteiger partial charge in [-0.2, -0.15) is 0 Å². The van der Waals surface area contributed by atoms with E-state index >= 15 is 0 Å². The Morgan fingerprint density at radius 1 is 1.11 bits per heavy atom. The van der Waals surface area contributed by atoms with Crippen molar-refractivity contribution in [2.75, 3.05) is 6.16 Å². The predicted octanol–water partition coefficient (Wildman–Crippen LogP) is 0.0205. The third-order valence-electron chi connectivity index (χ3n) is 0.438. The van der Waals surface area contributed by atoms with Gasteiger partial charge in [0.1, 0.15) is 0 Å². The fraction of sp³-hybridized carbons (Fsp3) is 1.00. The zero-order valence-electron chi connectivity index (χ0n) is 4.18. The number of rotatable bonds is 1. The molecule has 0 radical (unpaired) electrons. The topological polar surface area (TPSA) is 60.7 Å². The van der Waals surface area contributed by atoms with E-state index in [-0.39, 0.29) is 0 Å². The van der Waals surface area contributed by atoms with E-state index < -0.39 is 20.3 Å². The Labute approximate surface area is 49.3 Å². The minimum absolute atomic E-state index is 1.90. The first-order valence-electron chi connectivity index (χ1n) is 1.94. The Balaban J connectivity index is 3.75. The van der Waals surface area contributed by atoms with E-state index in [1.165, 1.54) is 0 Å². The quantitative estimate of drug-likeness (QED) is 0.481. The molecule has 3 nitrogen and oxygen atoms in total. The van der Waals surface area contributed by atoms with E-state index in [1.807, 2.05) is 0 Å². The van der Waals surface area contributed by atoms with Gasteiger partial charge in [-0.25, -0.2) is 0 Å². The molecule has 0 amide bonds. The average molecular weight is 166 g/mol. The molecule has 0 aliphatic carbocycles. The SMILES string of the molecule is O[PH](O)(O)CC(F)(F)F. The van der Waals surface area contributed by atoms with Crippen LogP contribution in [-0.4, -0.2) is 27.0 Å². The van der Waals surface area contributed by atoms with E-state index in [9.17, 15) is 13.2 Å². The molecule has 0 rings (SSSR count). The molecule has 9 heavy (non-hydrogen) atoms. The van der Waals surface area contributed by atoms with Gasteiger partial charge in [0.2, 0.25) is 0 Å². The monoisotopic (exact) mass is 166 g/mol. The molecule has 0 unspecified atom stereocenters. The summed E-state index contributed by atoms with van der Waals surface area (Å²) in [7, 11) is -4.92. The van der Waals surface area contributed by atoms with Crippen molar-refractivity contribution in [2.24, 2.45) is 0 Å². The van der Waals surface area contributed by atoms with Crippen molar-refractivity contribution in [3.63, 3.8) is 0 Å². The number of hydrogen-bond donors (Lipinski definition) is 3. The summed E-state index contributed by atoms with van der Waals surface area (Å²) < 4.78 is 33.3. The molecule has 58 valence electrons. The van der Waals surface area contributed by atoms with Gasteiger partial charge >= 0.3 is 48.1 Å². The van der Waals surface area contributed by atoms with Crippen LogP contribution in [0.25, 0.3) is 0 Å². The minimum atomic E-state index is -4.92. The van der Waals surface area contributed by atoms with Crippen molar-refractivity contribution in [1.82, 2.24) is 0 Å². The molecule has 0 saturated carbocycles. The normalized spacial score (nSPS) is 15.8. The number of hydrogen-bond acceptors (Lipinski definition) is 3. The summed E-state index contributed by atoms with van der Waals surface area (Å²) in [6.45, 7) is 0. The maximum absolute atomic E-state index is 11.1. The summed E-state index contributed by atoms with van der Waals surface area (Å²) >= 11 is 0. The fourth-order valence-corrected chi connectivity index (χ4v) is 0.807. The van der Waals surface area contributed by atoms with Gasteiger partial charge in [-0.1, -0.05) is 0 Å².